The molecule has 6 rings (SSSR count). The summed E-state index contributed by atoms with van der Waals surface area (Å²) in [5.41, 5.74) is 2.43. The Morgan fingerprint density at radius 3 is 2.55 bits per heavy atom. The summed E-state index contributed by atoms with van der Waals surface area (Å²) in [6.45, 7) is 3.07. The average Bonchev–Trinajstić information content (AvgIpc) is 3.45. The number of carbonyl (C=O) groups excluding carboxylic acids is 2. The van der Waals surface area contributed by atoms with Gasteiger partial charge in [0.05, 0.1) is 18.8 Å². The van der Waals surface area contributed by atoms with Crippen LogP contribution in [0.25, 0.3) is 0 Å². The highest BCUT2D eigenvalue weighted by Gasteiger charge is 2.40. The summed E-state index contributed by atoms with van der Waals surface area (Å²) in [4.78, 5) is 24.9. The van der Waals surface area contributed by atoms with E-state index in [9.17, 15) is 9.59 Å². The molecule has 0 radical (unpaired) electrons. The number of nitrogens with zero attached hydrogens (tertiary/aromatic N) is 1. The number of aromatic nitrogens is 2. The Kier molecular flexibility index (Phi) is 8.29. The van der Waals surface area contributed by atoms with E-state index in [0.29, 0.717) is 49.1 Å². The standard InChI is InChI=1S/C31H36N4O7/c1-31(12-13-31)33-30(37)42-22-11-10-21(16-22)23-17-26(35-34-23)32-27(36)19-41-25-9-5-8-24(28(25)29-38-14-15-39-29)40-18-20-6-3-2-4-7-20/h2-9,17,21-22,29H,10-16,18-19H2,1H3,(H,33,37)(H2,32,34,35,36)/t21-,22+/m0/s1. The van der Waals surface area contributed by atoms with Gasteiger partial charge in [0.15, 0.2) is 18.7 Å². The predicted molar refractivity (Wildman–Crippen MR) is 152 cm³/mol. The number of carbonyl (C=O) groups is 2. The molecule has 3 aliphatic rings. The zero-order chi connectivity index (χ0) is 28.9. The fourth-order valence-corrected chi connectivity index (χ4v) is 5.27. The molecule has 3 fully saturated rings. The average molecular weight is 577 g/mol. The lowest BCUT2D eigenvalue weighted by Gasteiger charge is -2.19. The number of benzene rings is 2. The van der Waals surface area contributed by atoms with Crippen LogP contribution in [0.4, 0.5) is 10.6 Å². The quantitative estimate of drug-likeness (QED) is 0.292. The summed E-state index contributed by atoms with van der Waals surface area (Å²) < 4.78 is 29.1. The van der Waals surface area contributed by atoms with Crippen molar-refractivity contribution in [1.29, 1.82) is 0 Å². The van der Waals surface area contributed by atoms with Crippen molar-refractivity contribution in [3.05, 3.63) is 71.4 Å². The topological polar surface area (TPSA) is 133 Å². The number of anilines is 1. The number of rotatable bonds is 11. The Morgan fingerprint density at radius 2 is 1.79 bits per heavy atom. The van der Waals surface area contributed by atoms with Gasteiger partial charge in [-0.2, -0.15) is 5.10 Å². The van der Waals surface area contributed by atoms with E-state index in [1.165, 1.54) is 0 Å². The van der Waals surface area contributed by atoms with Gasteiger partial charge in [-0.1, -0.05) is 36.4 Å². The van der Waals surface area contributed by atoms with Gasteiger partial charge in [-0.25, -0.2) is 4.79 Å². The van der Waals surface area contributed by atoms with Crippen molar-refractivity contribution in [2.45, 2.75) is 69.5 Å². The molecule has 42 heavy (non-hydrogen) atoms. The Morgan fingerprint density at radius 1 is 1.02 bits per heavy atom. The van der Waals surface area contributed by atoms with Crippen molar-refractivity contribution >= 4 is 17.8 Å². The van der Waals surface area contributed by atoms with Gasteiger partial charge >= 0.3 is 6.09 Å². The highest BCUT2D eigenvalue weighted by molar-refractivity contribution is 5.91. The molecule has 2 heterocycles. The van der Waals surface area contributed by atoms with Gasteiger partial charge < -0.3 is 34.3 Å². The maximum absolute atomic E-state index is 12.8. The van der Waals surface area contributed by atoms with Gasteiger partial charge in [0.2, 0.25) is 0 Å². The predicted octanol–water partition coefficient (Wildman–Crippen LogP) is 4.97. The van der Waals surface area contributed by atoms with E-state index >= 15 is 0 Å². The summed E-state index contributed by atoms with van der Waals surface area (Å²) in [7, 11) is 0. The summed E-state index contributed by atoms with van der Waals surface area (Å²) >= 11 is 0. The molecule has 2 atom stereocenters. The zero-order valence-electron chi connectivity index (χ0n) is 23.6. The van der Waals surface area contributed by atoms with Crippen LogP contribution in [0, 0.1) is 0 Å². The van der Waals surface area contributed by atoms with Crippen molar-refractivity contribution in [2.24, 2.45) is 0 Å². The Bertz CT molecular complexity index is 1380. The molecule has 2 aliphatic carbocycles. The third-order valence-corrected chi connectivity index (χ3v) is 7.85. The summed E-state index contributed by atoms with van der Waals surface area (Å²) in [5.74, 6) is 1.23. The number of alkyl carbamates (subject to hydrolysis) is 1. The second-order valence-corrected chi connectivity index (χ2v) is 11.3. The van der Waals surface area contributed by atoms with Gasteiger partial charge in [-0.15, -0.1) is 0 Å². The van der Waals surface area contributed by atoms with Crippen LogP contribution in [-0.4, -0.2) is 53.7 Å². The van der Waals surface area contributed by atoms with Gasteiger partial charge in [-0.3, -0.25) is 9.89 Å². The summed E-state index contributed by atoms with van der Waals surface area (Å²) in [5, 5.41) is 13.0. The first-order valence-corrected chi connectivity index (χ1v) is 14.4. The largest absolute Gasteiger partial charge is 0.488 e. The summed E-state index contributed by atoms with van der Waals surface area (Å²) in [6, 6.07) is 17.1. The van der Waals surface area contributed by atoms with E-state index in [-0.39, 0.29) is 36.2 Å². The number of amides is 2. The van der Waals surface area contributed by atoms with Crippen LogP contribution < -0.4 is 20.1 Å². The lowest BCUT2D eigenvalue weighted by molar-refractivity contribution is -0.118. The molecular weight excluding hydrogens is 540 g/mol. The third kappa shape index (κ3) is 7.03. The van der Waals surface area contributed by atoms with Crippen molar-refractivity contribution in [3.63, 3.8) is 0 Å². The Balaban J connectivity index is 1.02. The molecule has 3 N–H and O–H groups in total. The van der Waals surface area contributed by atoms with Crippen molar-refractivity contribution < 1.29 is 33.3 Å². The molecule has 222 valence electrons. The van der Waals surface area contributed by atoms with Crippen molar-refractivity contribution in [2.75, 3.05) is 25.1 Å². The van der Waals surface area contributed by atoms with Gasteiger partial charge in [0.1, 0.15) is 24.2 Å². The molecule has 0 unspecified atom stereocenters. The van der Waals surface area contributed by atoms with Crippen LogP contribution in [0.2, 0.25) is 0 Å². The fourth-order valence-electron chi connectivity index (χ4n) is 5.27. The van der Waals surface area contributed by atoms with E-state index in [2.05, 4.69) is 20.8 Å². The normalized spacial score (nSPS) is 21.1. The molecule has 11 heteroatoms. The van der Waals surface area contributed by atoms with E-state index in [0.717, 1.165) is 36.9 Å². The molecule has 2 amide bonds. The molecular formula is C31H36N4O7. The molecule has 2 saturated carbocycles. The zero-order valence-corrected chi connectivity index (χ0v) is 23.6. The number of hydrogen-bond acceptors (Lipinski definition) is 8. The van der Waals surface area contributed by atoms with E-state index in [1.54, 1.807) is 12.1 Å². The second kappa shape index (κ2) is 12.4. The lowest BCUT2D eigenvalue weighted by atomic mass is 10.0. The fraction of sp³-hybridized carbons (Fsp3) is 0.452. The molecule has 3 aromatic rings. The minimum absolute atomic E-state index is 0.103. The maximum Gasteiger partial charge on any atom is 0.407 e. The van der Waals surface area contributed by atoms with Gasteiger partial charge in [0.25, 0.3) is 5.91 Å². The first-order chi connectivity index (χ1) is 20.4. The molecule has 0 bridgehead atoms. The molecule has 0 spiro atoms. The Hall–Kier alpha value is -4.09. The van der Waals surface area contributed by atoms with Crippen LogP contribution in [0.5, 0.6) is 11.5 Å². The molecule has 11 nitrogen and oxygen atoms in total. The SMILES string of the molecule is CC1(NC(=O)O[C@@H]2CC[C@H](c3cc(NC(=O)COc4cccc(OCc5ccccc5)c4C4OCCO4)n[nH]3)C2)CC1. The number of ether oxygens (including phenoxy) is 5. The van der Waals surface area contributed by atoms with Crippen LogP contribution in [-0.2, 0) is 25.6 Å². The highest BCUT2D eigenvalue weighted by atomic mass is 16.7. The number of H-pyrrole nitrogens is 1. The molecule has 1 aliphatic heterocycles. The minimum Gasteiger partial charge on any atom is -0.488 e. The van der Waals surface area contributed by atoms with Crippen LogP contribution in [0.15, 0.2) is 54.6 Å². The van der Waals surface area contributed by atoms with Crippen molar-refractivity contribution in [1.82, 2.24) is 15.5 Å². The third-order valence-electron chi connectivity index (χ3n) is 7.85. The number of aromatic amines is 1. The highest BCUT2D eigenvalue weighted by Crippen LogP contribution is 2.39. The molecule has 1 saturated heterocycles. The van der Waals surface area contributed by atoms with Crippen LogP contribution in [0.1, 0.15) is 68.1 Å². The first-order valence-electron chi connectivity index (χ1n) is 14.4. The van der Waals surface area contributed by atoms with Crippen molar-refractivity contribution in [3.8, 4) is 11.5 Å². The van der Waals surface area contributed by atoms with E-state index in [1.807, 2.05) is 49.4 Å². The first kappa shape index (κ1) is 28.0. The van der Waals surface area contributed by atoms with E-state index < -0.39 is 6.29 Å². The molecule has 2 aromatic carbocycles. The number of hydrogen-bond donors (Lipinski definition) is 3. The van der Waals surface area contributed by atoms with Crippen LogP contribution in [0.3, 0.4) is 0 Å². The smallest absolute Gasteiger partial charge is 0.407 e. The molecule has 1 aromatic heterocycles. The number of nitrogens with one attached hydrogen (secondary N) is 3. The minimum atomic E-state index is -0.647. The summed E-state index contributed by atoms with van der Waals surface area (Å²) in [6.07, 6.45) is 3.21. The maximum atomic E-state index is 12.8. The second-order valence-electron chi connectivity index (χ2n) is 11.3. The van der Waals surface area contributed by atoms with Gasteiger partial charge in [-0.05, 0) is 56.7 Å². The van der Waals surface area contributed by atoms with E-state index in [4.69, 9.17) is 23.7 Å². The van der Waals surface area contributed by atoms with Crippen LogP contribution >= 0.6 is 0 Å². The lowest BCUT2D eigenvalue weighted by Crippen LogP contribution is -2.36. The van der Waals surface area contributed by atoms with Gasteiger partial charge in [0, 0.05) is 23.2 Å². The Labute approximate surface area is 244 Å². The monoisotopic (exact) mass is 576 g/mol.